The average Bonchev–Trinajstić information content (AvgIpc) is 3.19. The van der Waals surface area contributed by atoms with Gasteiger partial charge in [0.1, 0.15) is 12.6 Å². The zero-order valence-corrected chi connectivity index (χ0v) is 20.2. The molecule has 1 saturated carbocycles. The van der Waals surface area contributed by atoms with Crippen LogP contribution >= 0.6 is 0 Å². The molecule has 0 aromatic heterocycles. The van der Waals surface area contributed by atoms with E-state index in [4.69, 9.17) is 4.74 Å². The van der Waals surface area contributed by atoms with Crippen LogP contribution < -0.4 is 10.6 Å². The van der Waals surface area contributed by atoms with Crippen molar-refractivity contribution in [1.29, 1.82) is 0 Å². The number of rotatable bonds is 9. The third kappa shape index (κ3) is 6.02. The third-order valence-electron chi connectivity index (χ3n) is 7.29. The summed E-state index contributed by atoms with van der Waals surface area (Å²) in [6.45, 7) is 1.78. The van der Waals surface area contributed by atoms with Gasteiger partial charge in [0.25, 0.3) is 0 Å². The fourth-order valence-corrected chi connectivity index (χ4v) is 5.36. The lowest BCUT2D eigenvalue weighted by Gasteiger charge is -2.25. The van der Waals surface area contributed by atoms with Gasteiger partial charge in [-0.1, -0.05) is 80.6 Å². The van der Waals surface area contributed by atoms with Crippen molar-refractivity contribution in [3.8, 4) is 11.1 Å². The number of hydrogen-bond donors (Lipinski definition) is 3. The second-order valence-corrected chi connectivity index (χ2v) is 9.71. The highest BCUT2D eigenvalue weighted by molar-refractivity contribution is 5.85. The Hall–Kier alpha value is -3.35. The third-order valence-corrected chi connectivity index (χ3v) is 7.29. The first-order valence-corrected chi connectivity index (χ1v) is 12.6. The lowest BCUT2D eigenvalue weighted by atomic mass is 9.82. The van der Waals surface area contributed by atoms with Crippen molar-refractivity contribution in [3.63, 3.8) is 0 Å². The van der Waals surface area contributed by atoms with Crippen molar-refractivity contribution in [2.45, 2.75) is 57.4 Å². The summed E-state index contributed by atoms with van der Waals surface area (Å²) in [5.74, 6) is -1.60. The van der Waals surface area contributed by atoms with Gasteiger partial charge in [0.05, 0.1) is 5.92 Å². The summed E-state index contributed by atoms with van der Waals surface area (Å²) in [7, 11) is 0. The molecule has 0 spiro atoms. The molecule has 0 bridgehead atoms. The molecule has 3 N–H and O–H groups in total. The van der Waals surface area contributed by atoms with Gasteiger partial charge in [-0.05, 0) is 41.5 Å². The van der Waals surface area contributed by atoms with Crippen molar-refractivity contribution in [3.05, 3.63) is 59.7 Å². The highest BCUT2D eigenvalue weighted by atomic mass is 16.5. The summed E-state index contributed by atoms with van der Waals surface area (Å²) < 4.78 is 5.50. The first kappa shape index (κ1) is 24.8. The van der Waals surface area contributed by atoms with Gasteiger partial charge in [0.15, 0.2) is 0 Å². The van der Waals surface area contributed by atoms with Crippen LogP contribution in [-0.2, 0) is 14.3 Å². The van der Waals surface area contributed by atoms with Crippen molar-refractivity contribution in [2.75, 3.05) is 13.2 Å². The van der Waals surface area contributed by atoms with E-state index in [1.54, 1.807) is 6.92 Å². The van der Waals surface area contributed by atoms with Crippen molar-refractivity contribution in [2.24, 2.45) is 11.8 Å². The van der Waals surface area contributed by atoms with Crippen LogP contribution in [0.25, 0.3) is 11.1 Å². The maximum absolute atomic E-state index is 12.5. The predicted molar refractivity (Wildman–Crippen MR) is 133 cm³/mol. The molecule has 186 valence electrons. The smallest absolute Gasteiger partial charge is 0.407 e. The topological polar surface area (TPSA) is 105 Å². The van der Waals surface area contributed by atoms with Gasteiger partial charge in [-0.3, -0.25) is 9.59 Å². The molecule has 7 heteroatoms. The van der Waals surface area contributed by atoms with Gasteiger partial charge < -0.3 is 20.5 Å². The van der Waals surface area contributed by atoms with Gasteiger partial charge in [0.2, 0.25) is 5.91 Å². The van der Waals surface area contributed by atoms with E-state index in [1.165, 1.54) is 6.42 Å². The zero-order chi connectivity index (χ0) is 24.8. The van der Waals surface area contributed by atoms with Gasteiger partial charge >= 0.3 is 12.1 Å². The van der Waals surface area contributed by atoms with Gasteiger partial charge in [-0.15, -0.1) is 0 Å². The standard InChI is InChI=1S/C28H34N2O5/c1-18(26(31)29-16-20(27(32)33)15-19-9-3-2-4-10-19)30-28(34)35-17-25-23-13-7-5-11-21(23)22-12-6-8-14-24(22)25/h5-8,11-14,18-20,25H,2-4,9-10,15-17H2,1H3,(H,29,31)(H,30,34)(H,32,33)/t18-,20?/m1/s1. The number of alkyl carbamates (subject to hydrolysis) is 1. The van der Waals surface area contributed by atoms with E-state index in [9.17, 15) is 19.5 Å². The number of aliphatic carboxylic acids is 1. The molecule has 2 aliphatic carbocycles. The highest BCUT2D eigenvalue weighted by Crippen LogP contribution is 2.44. The molecule has 2 amide bonds. The molecule has 2 atom stereocenters. The number of carboxylic acids is 1. The fourth-order valence-electron chi connectivity index (χ4n) is 5.36. The van der Waals surface area contributed by atoms with E-state index >= 15 is 0 Å². The average molecular weight is 479 g/mol. The molecule has 0 aliphatic heterocycles. The fraction of sp³-hybridized carbons (Fsp3) is 0.464. The van der Waals surface area contributed by atoms with Crippen LogP contribution in [0.15, 0.2) is 48.5 Å². The molecule has 0 radical (unpaired) electrons. The molecular formula is C28H34N2O5. The number of carbonyl (C=O) groups is 3. The Kier molecular flexibility index (Phi) is 8.06. The SMILES string of the molecule is C[C@@H](NC(=O)OCC1c2ccccc2-c2ccccc21)C(=O)NCC(CC1CCCCC1)C(=O)O. The number of nitrogens with one attached hydrogen (secondary N) is 2. The summed E-state index contributed by atoms with van der Waals surface area (Å²) in [4.78, 5) is 36.6. The Morgan fingerprint density at radius 2 is 1.57 bits per heavy atom. The van der Waals surface area contributed by atoms with Gasteiger partial charge in [-0.2, -0.15) is 0 Å². The minimum absolute atomic E-state index is 0.0569. The Balaban J connectivity index is 1.26. The van der Waals surface area contributed by atoms with Crippen LogP contribution in [0.1, 0.15) is 62.5 Å². The monoisotopic (exact) mass is 478 g/mol. The zero-order valence-electron chi connectivity index (χ0n) is 20.2. The Bertz CT molecular complexity index is 1020. The normalized spacial score (nSPS) is 17.1. The molecular weight excluding hydrogens is 444 g/mol. The molecule has 35 heavy (non-hydrogen) atoms. The first-order chi connectivity index (χ1) is 16.9. The molecule has 7 nitrogen and oxygen atoms in total. The number of benzene rings is 2. The lowest BCUT2D eigenvalue weighted by Crippen LogP contribution is -2.47. The van der Waals surface area contributed by atoms with Crippen molar-refractivity contribution >= 4 is 18.0 Å². The summed E-state index contributed by atoms with van der Waals surface area (Å²) in [6.07, 6.45) is 5.50. The van der Waals surface area contributed by atoms with E-state index in [2.05, 4.69) is 22.8 Å². The predicted octanol–water partition coefficient (Wildman–Crippen LogP) is 4.70. The Labute approximate surface area is 206 Å². The minimum atomic E-state index is -0.895. The second-order valence-electron chi connectivity index (χ2n) is 9.71. The number of hydrogen-bond acceptors (Lipinski definition) is 4. The molecule has 2 aromatic rings. The number of carboxylic acid groups (broad SMARTS) is 1. The van der Waals surface area contributed by atoms with Crippen molar-refractivity contribution < 1.29 is 24.2 Å². The number of fused-ring (bicyclic) bond motifs is 3. The molecule has 0 heterocycles. The molecule has 1 fully saturated rings. The van der Waals surface area contributed by atoms with Crippen LogP contribution in [-0.4, -0.2) is 42.3 Å². The number of carbonyl (C=O) groups excluding carboxylic acids is 2. The first-order valence-electron chi connectivity index (χ1n) is 12.6. The van der Waals surface area contributed by atoms with Crippen LogP contribution in [0.2, 0.25) is 0 Å². The molecule has 2 aromatic carbocycles. The second kappa shape index (κ2) is 11.4. The van der Waals surface area contributed by atoms with E-state index in [1.807, 2.05) is 36.4 Å². The summed E-state index contributed by atoms with van der Waals surface area (Å²) >= 11 is 0. The van der Waals surface area contributed by atoms with E-state index in [0.29, 0.717) is 12.3 Å². The van der Waals surface area contributed by atoms with Crippen LogP contribution in [0, 0.1) is 11.8 Å². The lowest BCUT2D eigenvalue weighted by molar-refractivity contribution is -0.142. The molecule has 4 rings (SSSR count). The van der Waals surface area contributed by atoms with Gasteiger partial charge in [-0.25, -0.2) is 4.79 Å². The summed E-state index contributed by atoms with van der Waals surface area (Å²) in [6, 6.07) is 15.3. The van der Waals surface area contributed by atoms with Gasteiger partial charge in [0, 0.05) is 12.5 Å². The Morgan fingerprint density at radius 3 is 2.17 bits per heavy atom. The van der Waals surface area contributed by atoms with E-state index in [0.717, 1.165) is 47.9 Å². The molecule has 0 saturated heterocycles. The molecule has 2 aliphatic rings. The Morgan fingerprint density at radius 1 is 0.971 bits per heavy atom. The van der Waals surface area contributed by atoms with E-state index in [-0.39, 0.29) is 19.1 Å². The number of amides is 2. The van der Waals surface area contributed by atoms with Crippen LogP contribution in [0.3, 0.4) is 0 Å². The van der Waals surface area contributed by atoms with Crippen molar-refractivity contribution in [1.82, 2.24) is 10.6 Å². The van der Waals surface area contributed by atoms with E-state index < -0.39 is 29.9 Å². The minimum Gasteiger partial charge on any atom is -0.481 e. The maximum atomic E-state index is 12.5. The largest absolute Gasteiger partial charge is 0.481 e. The quantitative estimate of drug-likeness (QED) is 0.485. The molecule has 1 unspecified atom stereocenters. The summed E-state index contributed by atoms with van der Waals surface area (Å²) in [5, 5.41) is 14.8. The summed E-state index contributed by atoms with van der Waals surface area (Å²) in [5.41, 5.74) is 4.52. The van der Waals surface area contributed by atoms with Crippen LogP contribution in [0.5, 0.6) is 0 Å². The maximum Gasteiger partial charge on any atom is 0.407 e. The highest BCUT2D eigenvalue weighted by Gasteiger charge is 2.30. The van der Waals surface area contributed by atoms with Crippen LogP contribution in [0.4, 0.5) is 4.79 Å². The number of ether oxygens (including phenoxy) is 1.